The van der Waals surface area contributed by atoms with Crippen molar-refractivity contribution in [2.45, 2.75) is 18.4 Å². The first-order valence-electron chi connectivity index (χ1n) is 5.75. The Morgan fingerprint density at radius 2 is 2.17 bits per heavy atom. The third kappa shape index (κ3) is 5.14. The zero-order chi connectivity index (χ0) is 13.6. The van der Waals surface area contributed by atoms with Crippen LogP contribution in [0.25, 0.3) is 0 Å². The van der Waals surface area contributed by atoms with Crippen LogP contribution in [0.2, 0.25) is 0 Å². The molecule has 5 nitrogen and oxygen atoms in total. The molecule has 6 heteroatoms. The number of rotatable bonds is 7. The van der Waals surface area contributed by atoms with E-state index in [9.17, 15) is 8.42 Å². The molecule has 18 heavy (non-hydrogen) atoms. The number of sulfonamides is 1. The number of primary sulfonamides is 1. The van der Waals surface area contributed by atoms with Crippen molar-refractivity contribution in [1.82, 2.24) is 5.32 Å². The van der Waals surface area contributed by atoms with Crippen LogP contribution in [0.3, 0.4) is 0 Å². The van der Waals surface area contributed by atoms with E-state index in [1.54, 1.807) is 19.2 Å². The third-order valence-electron chi connectivity index (χ3n) is 2.50. The lowest BCUT2D eigenvalue weighted by Gasteiger charge is -2.11. The Bertz CT molecular complexity index is 474. The fraction of sp³-hybridized carbons (Fsp3) is 0.500. The standard InChI is InChI=1S/C12H20N2O3S/c1-10(9-17-2)7-14-8-11-4-3-5-12(6-11)18(13,15)16/h3-6,10,14H,7-9H2,1-2H3,(H2,13,15,16). The molecule has 0 fully saturated rings. The van der Waals surface area contributed by atoms with Crippen LogP contribution in [-0.2, 0) is 21.3 Å². The SMILES string of the molecule is COCC(C)CNCc1cccc(S(N)(=O)=O)c1. The van der Waals surface area contributed by atoms with Gasteiger partial charge in [-0.1, -0.05) is 19.1 Å². The number of ether oxygens (including phenoxy) is 1. The largest absolute Gasteiger partial charge is 0.384 e. The highest BCUT2D eigenvalue weighted by Gasteiger charge is 2.07. The second kappa shape index (κ2) is 6.84. The molecule has 0 aromatic heterocycles. The summed E-state index contributed by atoms with van der Waals surface area (Å²) in [6.45, 7) is 4.20. The molecule has 1 aromatic carbocycles. The smallest absolute Gasteiger partial charge is 0.238 e. The Labute approximate surface area is 108 Å². The number of hydrogen-bond acceptors (Lipinski definition) is 4. The Hall–Kier alpha value is -0.950. The van der Waals surface area contributed by atoms with Crippen LogP contribution < -0.4 is 10.5 Å². The summed E-state index contributed by atoms with van der Waals surface area (Å²) < 4.78 is 27.4. The summed E-state index contributed by atoms with van der Waals surface area (Å²) in [5.41, 5.74) is 0.895. The van der Waals surface area contributed by atoms with Gasteiger partial charge in [0.25, 0.3) is 0 Å². The van der Waals surface area contributed by atoms with Gasteiger partial charge in [-0.25, -0.2) is 13.6 Å². The fourth-order valence-electron chi connectivity index (χ4n) is 1.64. The first-order valence-corrected chi connectivity index (χ1v) is 7.29. The predicted octanol–water partition coefficient (Wildman–Crippen LogP) is 0.706. The molecule has 0 aliphatic rings. The summed E-state index contributed by atoms with van der Waals surface area (Å²) in [4.78, 5) is 0.145. The van der Waals surface area contributed by atoms with E-state index in [0.29, 0.717) is 19.1 Å². The topological polar surface area (TPSA) is 81.4 Å². The quantitative estimate of drug-likeness (QED) is 0.766. The lowest BCUT2D eigenvalue weighted by atomic mass is 10.2. The third-order valence-corrected chi connectivity index (χ3v) is 3.41. The van der Waals surface area contributed by atoms with Crippen molar-refractivity contribution >= 4 is 10.0 Å². The van der Waals surface area contributed by atoms with Crippen LogP contribution in [0, 0.1) is 5.92 Å². The Morgan fingerprint density at radius 3 is 2.78 bits per heavy atom. The minimum Gasteiger partial charge on any atom is -0.384 e. The molecule has 1 atom stereocenters. The van der Waals surface area contributed by atoms with E-state index in [4.69, 9.17) is 9.88 Å². The summed E-state index contributed by atoms with van der Waals surface area (Å²) >= 11 is 0. The maximum absolute atomic E-state index is 11.2. The van der Waals surface area contributed by atoms with Crippen LogP contribution in [0.15, 0.2) is 29.2 Å². The number of benzene rings is 1. The van der Waals surface area contributed by atoms with Gasteiger partial charge in [0.2, 0.25) is 10.0 Å². The van der Waals surface area contributed by atoms with E-state index in [-0.39, 0.29) is 4.90 Å². The number of hydrogen-bond donors (Lipinski definition) is 2. The molecule has 102 valence electrons. The maximum Gasteiger partial charge on any atom is 0.238 e. The molecule has 0 saturated carbocycles. The normalized spacial score (nSPS) is 13.5. The zero-order valence-electron chi connectivity index (χ0n) is 10.7. The van der Waals surface area contributed by atoms with Crippen LogP contribution in [0.1, 0.15) is 12.5 Å². The second-order valence-corrected chi connectivity index (χ2v) is 5.95. The average Bonchev–Trinajstić information content (AvgIpc) is 2.29. The summed E-state index contributed by atoms with van der Waals surface area (Å²) in [6, 6.07) is 6.63. The minimum atomic E-state index is -3.62. The van der Waals surface area contributed by atoms with Crippen molar-refractivity contribution in [2.75, 3.05) is 20.3 Å². The molecule has 1 aromatic rings. The Balaban J connectivity index is 2.53. The van der Waals surface area contributed by atoms with Crippen LogP contribution in [0.4, 0.5) is 0 Å². The van der Waals surface area contributed by atoms with E-state index in [1.165, 1.54) is 6.07 Å². The van der Waals surface area contributed by atoms with Gasteiger partial charge in [-0.05, 0) is 23.6 Å². The summed E-state index contributed by atoms with van der Waals surface area (Å²) in [5.74, 6) is 0.413. The fourth-order valence-corrected chi connectivity index (χ4v) is 2.22. The molecule has 0 bridgehead atoms. The van der Waals surface area contributed by atoms with Gasteiger partial charge in [0.15, 0.2) is 0 Å². The second-order valence-electron chi connectivity index (χ2n) is 4.38. The van der Waals surface area contributed by atoms with E-state index in [0.717, 1.165) is 12.1 Å². The van der Waals surface area contributed by atoms with E-state index in [1.807, 2.05) is 6.07 Å². The molecule has 3 N–H and O–H groups in total. The van der Waals surface area contributed by atoms with E-state index >= 15 is 0 Å². The molecule has 0 amide bonds. The van der Waals surface area contributed by atoms with E-state index in [2.05, 4.69) is 12.2 Å². The van der Waals surface area contributed by atoms with Gasteiger partial charge in [0, 0.05) is 26.8 Å². The van der Waals surface area contributed by atoms with E-state index < -0.39 is 10.0 Å². The predicted molar refractivity (Wildman–Crippen MR) is 70.6 cm³/mol. The minimum absolute atomic E-state index is 0.145. The molecule has 0 spiro atoms. The summed E-state index contributed by atoms with van der Waals surface area (Å²) in [6.07, 6.45) is 0. The monoisotopic (exact) mass is 272 g/mol. The molecule has 0 heterocycles. The van der Waals surface area contributed by atoms with Crippen molar-refractivity contribution in [3.8, 4) is 0 Å². The summed E-state index contributed by atoms with van der Waals surface area (Å²) in [7, 11) is -1.95. The summed E-state index contributed by atoms with van der Waals surface area (Å²) in [5, 5.41) is 8.33. The molecule has 0 aliphatic heterocycles. The molecular weight excluding hydrogens is 252 g/mol. The first-order chi connectivity index (χ1) is 8.43. The molecule has 1 rings (SSSR count). The maximum atomic E-state index is 11.2. The van der Waals surface area contributed by atoms with Crippen molar-refractivity contribution in [2.24, 2.45) is 11.1 Å². The van der Waals surface area contributed by atoms with Gasteiger partial charge in [0.05, 0.1) is 4.90 Å². The van der Waals surface area contributed by atoms with Gasteiger partial charge in [-0.2, -0.15) is 0 Å². The highest BCUT2D eigenvalue weighted by molar-refractivity contribution is 7.89. The average molecular weight is 272 g/mol. The first kappa shape index (κ1) is 15.1. The van der Waals surface area contributed by atoms with Crippen molar-refractivity contribution in [1.29, 1.82) is 0 Å². The number of nitrogens with one attached hydrogen (secondary N) is 1. The zero-order valence-corrected chi connectivity index (χ0v) is 11.5. The van der Waals surface area contributed by atoms with Crippen molar-refractivity contribution < 1.29 is 13.2 Å². The van der Waals surface area contributed by atoms with Gasteiger partial charge in [-0.15, -0.1) is 0 Å². The highest BCUT2D eigenvalue weighted by Crippen LogP contribution is 2.09. The lowest BCUT2D eigenvalue weighted by Crippen LogP contribution is -2.23. The Morgan fingerprint density at radius 1 is 1.44 bits per heavy atom. The van der Waals surface area contributed by atoms with Gasteiger partial charge >= 0.3 is 0 Å². The lowest BCUT2D eigenvalue weighted by molar-refractivity contribution is 0.158. The Kier molecular flexibility index (Phi) is 5.74. The number of nitrogens with two attached hydrogens (primary N) is 1. The van der Waals surface area contributed by atoms with Crippen molar-refractivity contribution in [3.63, 3.8) is 0 Å². The van der Waals surface area contributed by atoms with Crippen LogP contribution in [0.5, 0.6) is 0 Å². The van der Waals surface area contributed by atoms with Gasteiger partial charge in [-0.3, -0.25) is 0 Å². The molecule has 0 aliphatic carbocycles. The highest BCUT2D eigenvalue weighted by atomic mass is 32.2. The van der Waals surface area contributed by atoms with Gasteiger partial charge < -0.3 is 10.1 Å². The number of methoxy groups -OCH3 is 1. The molecule has 0 radical (unpaired) electrons. The molecular formula is C12H20N2O3S. The van der Waals surface area contributed by atoms with Gasteiger partial charge in [0.1, 0.15) is 0 Å². The van der Waals surface area contributed by atoms with Crippen LogP contribution >= 0.6 is 0 Å². The molecule has 1 unspecified atom stereocenters. The molecule has 0 saturated heterocycles. The van der Waals surface area contributed by atoms with Crippen molar-refractivity contribution in [3.05, 3.63) is 29.8 Å². The van der Waals surface area contributed by atoms with Crippen LogP contribution in [-0.4, -0.2) is 28.7 Å².